The van der Waals surface area contributed by atoms with Gasteiger partial charge in [-0.1, -0.05) is 30.3 Å². The Kier molecular flexibility index (Phi) is 4.09. The molecule has 24 heavy (non-hydrogen) atoms. The minimum absolute atomic E-state index is 0.175. The van der Waals surface area contributed by atoms with E-state index in [0.717, 1.165) is 10.8 Å². The SMILES string of the molecule is Cc1cc(NC(=O)c2ccc3ccccc3c2)ccc1S(=O)(=O)O. The van der Waals surface area contributed by atoms with Gasteiger partial charge < -0.3 is 5.32 Å². The maximum Gasteiger partial charge on any atom is 0.294 e. The van der Waals surface area contributed by atoms with E-state index in [1.165, 1.54) is 18.2 Å². The molecule has 0 unspecified atom stereocenters. The van der Waals surface area contributed by atoms with E-state index in [1.54, 1.807) is 19.1 Å². The number of nitrogens with one attached hydrogen (secondary N) is 1. The lowest BCUT2D eigenvalue weighted by molar-refractivity contribution is 0.102. The Hall–Kier alpha value is -2.70. The predicted octanol–water partition coefficient (Wildman–Crippen LogP) is 3.65. The molecule has 0 aliphatic rings. The van der Waals surface area contributed by atoms with E-state index in [9.17, 15) is 13.2 Å². The Bertz CT molecular complexity index is 1040. The van der Waals surface area contributed by atoms with Crippen molar-refractivity contribution in [3.63, 3.8) is 0 Å². The average Bonchev–Trinajstić information content (AvgIpc) is 2.53. The predicted molar refractivity (Wildman–Crippen MR) is 92.9 cm³/mol. The van der Waals surface area contributed by atoms with Crippen LogP contribution in [0.1, 0.15) is 15.9 Å². The molecule has 0 saturated carbocycles. The van der Waals surface area contributed by atoms with Crippen LogP contribution >= 0.6 is 0 Å². The van der Waals surface area contributed by atoms with Crippen LogP contribution < -0.4 is 5.32 Å². The second kappa shape index (κ2) is 6.07. The zero-order valence-electron chi connectivity index (χ0n) is 12.9. The van der Waals surface area contributed by atoms with E-state index in [1.807, 2.05) is 30.3 Å². The van der Waals surface area contributed by atoms with Crippen molar-refractivity contribution in [2.45, 2.75) is 11.8 Å². The monoisotopic (exact) mass is 341 g/mol. The van der Waals surface area contributed by atoms with E-state index in [-0.39, 0.29) is 10.8 Å². The van der Waals surface area contributed by atoms with Crippen molar-refractivity contribution < 1.29 is 17.8 Å². The number of rotatable bonds is 3. The Morgan fingerprint density at radius 1 is 0.958 bits per heavy atom. The summed E-state index contributed by atoms with van der Waals surface area (Å²) in [4.78, 5) is 12.2. The first-order valence-electron chi connectivity index (χ1n) is 7.23. The van der Waals surface area contributed by atoms with E-state index < -0.39 is 10.1 Å². The third-order valence-electron chi connectivity index (χ3n) is 3.72. The van der Waals surface area contributed by atoms with Gasteiger partial charge in [0.05, 0.1) is 4.90 Å². The lowest BCUT2D eigenvalue weighted by atomic mass is 10.1. The quantitative estimate of drug-likeness (QED) is 0.712. The van der Waals surface area contributed by atoms with Crippen molar-refractivity contribution in [3.05, 3.63) is 71.8 Å². The van der Waals surface area contributed by atoms with Crippen LogP contribution in [-0.2, 0) is 10.1 Å². The molecule has 0 spiro atoms. The van der Waals surface area contributed by atoms with Gasteiger partial charge in [-0.25, -0.2) is 0 Å². The maximum atomic E-state index is 12.4. The minimum Gasteiger partial charge on any atom is -0.322 e. The number of benzene rings is 3. The summed E-state index contributed by atoms with van der Waals surface area (Å²) in [6.45, 7) is 1.55. The van der Waals surface area contributed by atoms with Crippen molar-refractivity contribution in [1.82, 2.24) is 0 Å². The topological polar surface area (TPSA) is 83.5 Å². The molecule has 0 radical (unpaired) electrons. The van der Waals surface area contributed by atoms with Crippen LogP contribution in [0.5, 0.6) is 0 Å². The second-order valence-electron chi connectivity index (χ2n) is 5.47. The van der Waals surface area contributed by atoms with E-state index in [2.05, 4.69) is 5.32 Å². The van der Waals surface area contributed by atoms with E-state index in [0.29, 0.717) is 16.8 Å². The van der Waals surface area contributed by atoms with Crippen LogP contribution in [0, 0.1) is 6.92 Å². The highest BCUT2D eigenvalue weighted by Gasteiger charge is 2.14. The average molecular weight is 341 g/mol. The van der Waals surface area contributed by atoms with Crippen molar-refractivity contribution in [2.75, 3.05) is 5.32 Å². The number of amides is 1. The molecule has 1 amide bonds. The Morgan fingerprint density at radius 2 is 1.67 bits per heavy atom. The van der Waals surface area contributed by atoms with Crippen molar-refractivity contribution in [2.24, 2.45) is 0 Å². The summed E-state index contributed by atoms with van der Waals surface area (Å²) in [5.41, 5.74) is 1.32. The Morgan fingerprint density at radius 3 is 2.33 bits per heavy atom. The Labute approximate surface area is 139 Å². The zero-order chi connectivity index (χ0) is 17.3. The molecule has 2 N–H and O–H groups in total. The standard InChI is InChI=1S/C18H15NO4S/c1-12-10-16(8-9-17(12)24(21,22)23)19-18(20)15-7-6-13-4-2-3-5-14(13)11-15/h2-11H,1H3,(H,19,20)(H,21,22,23). The number of hydrogen-bond acceptors (Lipinski definition) is 3. The molecule has 0 bridgehead atoms. The van der Waals surface area contributed by atoms with Gasteiger partial charge in [0, 0.05) is 11.3 Å². The van der Waals surface area contributed by atoms with Gasteiger partial charge in [0.15, 0.2) is 0 Å². The van der Waals surface area contributed by atoms with Crippen molar-refractivity contribution >= 4 is 32.5 Å². The largest absolute Gasteiger partial charge is 0.322 e. The van der Waals surface area contributed by atoms with Crippen LogP contribution in [0.4, 0.5) is 5.69 Å². The van der Waals surface area contributed by atoms with Crippen molar-refractivity contribution in [3.8, 4) is 0 Å². The molecule has 0 atom stereocenters. The van der Waals surface area contributed by atoms with E-state index in [4.69, 9.17) is 4.55 Å². The van der Waals surface area contributed by atoms with Gasteiger partial charge >= 0.3 is 0 Å². The molecule has 3 aromatic rings. The number of hydrogen-bond donors (Lipinski definition) is 2. The van der Waals surface area contributed by atoms with Gasteiger partial charge in [0.1, 0.15) is 0 Å². The number of carbonyl (C=O) groups excluding carboxylic acids is 1. The lowest BCUT2D eigenvalue weighted by Crippen LogP contribution is -2.12. The summed E-state index contributed by atoms with van der Waals surface area (Å²) in [5, 5.41) is 4.73. The van der Waals surface area contributed by atoms with Crippen molar-refractivity contribution in [1.29, 1.82) is 0 Å². The van der Waals surface area contributed by atoms with Gasteiger partial charge in [0.2, 0.25) is 0 Å². The number of carbonyl (C=O) groups is 1. The highest BCUT2D eigenvalue weighted by molar-refractivity contribution is 7.85. The van der Waals surface area contributed by atoms with Gasteiger partial charge in [0.25, 0.3) is 16.0 Å². The molecule has 0 fully saturated rings. The molecule has 0 aromatic heterocycles. The summed E-state index contributed by atoms with van der Waals surface area (Å²) in [6.07, 6.45) is 0. The van der Waals surface area contributed by atoms with Gasteiger partial charge in [-0.05, 0) is 53.6 Å². The maximum absolute atomic E-state index is 12.4. The first kappa shape index (κ1) is 16.2. The highest BCUT2D eigenvalue weighted by Crippen LogP contribution is 2.21. The molecule has 3 rings (SSSR count). The molecule has 122 valence electrons. The summed E-state index contributed by atoms with van der Waals surface area (Å²) >= 11 is 0. The molecule has 0 heterocycles. The first-order valence-corrected chi connectivity index (χ1v) is 8.67. The summed E-state index contributed by atoms with van der Waals surface area (Å²) in [7, 11) is -4.27. The Balaban J connectivity index is 1.87. The molecule has 0 aliphatic carbocycles. The van der Waals surface area contributed by atoms with Gasteiger partial charge in [-0.15, -0.1) is 0 Å². The lowest BCUT2D eigenvalue weighted by Gasteiger charge is -2.09. The van der Waals surface area contributed by atoms with Crippen LogP contribution in [0.15, 0.2) is 65.6 Å². The molecule has 6 heteroatoms. The molecule has 5 nitrogen and oxygen atoms in total. The third kappa shape index (κ3) is 3.29. The normalized spacial score (nSPS) is 11.4. The van der Waals surface area contributed by atoms with Gasteiger partial charge in [-0.2, -0.15) is 8.42 Å². The zero-order valence-corrected chi connectivity index (χ0v) is 13.7. The fourth-order valence-corrected chi connectivity index (χ4v) is 3.26. The van der Waals surface area contributed by atoms with Crippen LogP contribution in [0.2, 0.25) is 0 Å². The van der Waals surface area contributed by atoms with Crippen LogP contribution in [0.3, 0.4) is 0 Å². The fraction of sp³-hybridized carbons (Fsp3) is 0.0556. The third-order valence-corrected chi connectivity index (χ3v) is 4.74. The highest BCUT2D eigenvalue weighted by atomic mass is 32.2. The summed E-state index contributed by atoms with van der Waals surface area (Å²) in [6, 6.07) is 17.3. The second-order valence-corrected chi connectivity index (χ2v) is 6.86. The summed E-state index contributed by atoms with van der Waals surface area (Å²) in [5.74, 6) is -0.292. The number of aryl methyl sites for hydroxylation is 1. The molecular weight excluding hydrogens is 326 g/mol. The van der Waals surface area contributed by atoms with Gasteiger partial charge in [-0.3, -0.25) is 9.35 Å². The summed E-state index contributed by atoms with van der Waals surface area (Å²) < 4.78 is 31.5. The first-order chi connectivity index (χ1) is 11.3. The smallest absolute Gasteiger partial charge is 0.294 e. The molecule has 0 aliphatic heterocycles. The van der Waals surface area contributed by atoms with Crippen LogP contribution in [0.25, 0.3) is 10.8 Å². The number of anilines is 1. The molecule has 0 saturated heterocycles. The molecule has 3 aromatic carbocycles. The number of fused-ring (bicyclic) bond motifs is 1. The van der Waals surface area contributed by atoms with E-state index >= 15 is 0 Å². The minimum atomic E-state index is -4.27. The molecular formula is C18H15NO4S. The van der Waals surface area contributed by atoms with Crippen LogP contribution in [-0.4, -0.2) is 18.9 Å². The fourth-order valence-electron chi connectivity index (χ4n) is 2.55.